The highest BCUT2D eigenvalue weighted by atomic mass is 19.3. The quantitative estimate of drug-likeness (QED) is 0.786. The molecule has 1 aromatic heterocycles. The van der Waals surface area contributed by atoms with Crippen LogP contribution < -0.4 is 4.74 Å². The average Bonchev–Trinajstić information content (AvgIpc) is 2.59. The van der Waals surface area contributed by atoms with E-state index < -0.39 is 6.43 Å². The van der Waals surface area contributed by atoms with Gasteiger partial charge in [0, 0.05) is 17.0 Å². The summed E-state index contributed by atoms with van der Waals surface area (Å²) in [6, 6.07) is 6.63. The Labute approximate surface area is 79.5 Å². The highest BCUT2D eigenvalue weighted by molar-refractivity contribution is 5.81. The van der Waals surface area contributed by atoms with Crippen molar-refractivity contribution in [2.45, 2.75) is 6.43 Å². The predicted octanol–water partition coefficient (Wildman–Crippen LogP) is 3.11. The van der Waals surface area contributed by atoms with Gasteiger partial charge in [0.15, 0.2) is 0 Å². The van der Waals surface area contributed by atoms with Gasteiger partial charge in [0.1, 0.15) is 5.75 Å². The number of aromatic nitrogens is 1. The maximum absolute atomic E-state index is 12.3. The minimum atomic E-state index is -2.46. The molecule has 2 rings (SSSR count). The summed E-state index contributed by atoms with van der Waals surface area (Å²) in [7, 11) is 1.54. The molecule has 1 aromatic carbocycles. The summed E-state index contributed by atoms with van der Waals surface area (Å²) in [6.45, 7) is 0. The van der Waals surface area contributed by atoms with Gasteiger partial charge >= 0.3 is 0 Å². The molecule has 2 nitrogen and oxygen atoms in total. The molecule has 2 aromatic rings. The van der Waals surface area contributed by atoms with Crippen LogP contribution in [-0.2, 0) is 0 Å². The molecule has 14 heavy (non-hydrogen) atoms. The number of ether oxygens (including phenoxy) is 1. The molecule has 4 heteroatoms. The topological polar surface area (TPSA) is 25.0 Å². The van der Waals surface area contributed by atoms with Crippen molar-refractivity contribution in [2.75, 3.05) is 7.11 Å². The van der Waals surface area contributed by atoms with E-state index in [2.05, 4.69) is 4.98 Å². The van der Waals surface area contributed by atoms with Gasteiger partial charge in [0.25, 0.3) is 6.43 Å². The Hall–Kier alpha value is -1.58. The number of fused-ring (bicyclic) bond motifs is 1. The smallest absolute Gasteiger partial charge is 0.278 e. The maximum Gasteiger partial charge on any atom is 0.278 e. The Balaban J connectivity index is 2.54. The van der Waals surface area contributed by atoms with Crippen molar-refractivity contribution in [2.24, 2.45) is 0 Å². The average molecular weight is 197 g/mol. The lowest BCUT2D eigenvalue weighted by molar-refractivity contribution is 0.147. The van der Waals surface area contributed by atoms with Gasteiger partial charge < -0.3 is 9.72 Å². The largest absolute Gasteiger partial charge is 0.497 e. The Morgan fingerprint density at radius 1 is 1.29 bits per heavy atom. The molecule has 1 heterocycles. The maximum atomic E-state index is 12.3. The van der Waals surface area contributed by atoms with Gasteiger partial charge in [-0.2, -0.15) is 0 Å². The van der Waals surface area contributed by atoms with Gasteiger partial charge in [-0.1, -0.05) is 0 Å². The van der Waals surface area contributed by atoms with Gasteiger partial charge in [-0.05, 0) is 18.2 Å². The first-order chi connectivity index (χ1) is 6.70. The zero-order valence-corrected chi connectivity index (χ0v) is 7.55. The van der Waals surface area contributed by atoms with Crippen LogP contribution >= 0.6 is 0 Å². The fourth-order valence-electron chi connectivity index (χ4n) is 1.37. The predicted molar refractivity (Wildman–Crippen MR) is 49.8 cm³/mol. The second kappa shape index (κ2) is 3.29. The zero-order chi connectivity index (χ0) is 10.1. The van der Waals surface area contributed by atoms with E-state index in [0.29, 0.717) is 11.3 Å². The molecule has 0 atom stereocenters. The highest BCUT2D eigenvalue weighted by Crippen LogP contribution is 2.25. The van der Waals surface area contributed by atoms with E-state index in [9.17, 15) is 8.78 Å². The van der Waals surface area contributed by atoms with E-state index in [-0.39, 0.29) is 5.69 Å². The van der Waals surface area contributed by atoms with Crippen LogP contribution in [0.2, 0.25) is 0 Å². The van der Waals surface area contributed by atoms with Crippen LogP contribution in [0, 0.1) is 0 Å². The van der Waals surface area contributed by atoms with Gasteiger partial charge in [-0.3, -0.25) is 0 Å². The number of nitrogens with one attached hydrogen (secondary N) is 1. The summed E-state index contributed by atoms with van der Waals surface area (Å²) in [5.74, 6) is 0.653. The van der Waals surface area contributed by atoms with Crippen LogP contribution in [-0.4, -0.2) is 12.1 Å². The first kappa shape index (κ1) is 8.99. The number of halogens is 2. The first-order valence-corrected chi connectivity index (χ1v) is 4.15. The van der Waals surface area contributed by atoms with Crippen molar-refractivity contribution >= 4 is 10.9 Å². The van der Waals surface area contributed by atoms with Gasteiger partial charge in [0.05, 0.1) is 12.8 Å². The molecule has 0 saturated heterocycles. The summed E-state index contributed by atoms with van der Waals surface area (Å²) in [6.07, 6.45) is -2.46. The molecule has 74 valence electrons. The Bertz CT molecular complexity index is 450. The number of aromatic amines is 1. The van der Waals surface area contributed by atoms with Crippen molar-refractivity contribution in [1.29, 1.82) is 0 Å². The molecule has 0 aliphatic heterocycles. The van der Waals surface area contributed by atoms with Crippen LogP contribution in [0.15, 0.2) is 24.3 Å². The SMILES string of the molecule is COc1ccc2cc(C(F)F)[nH]c2c1. The summed E-state index contributed by atoms with van der Waals surface area (Å²) >= 11 is 0. The van der Waals surface area contributed by atoms with Crippen molar-refractivity contribution in [3.8, 4) is 5.75 Å². The van der Waals surface area contributed by atoms with E-state index in [1.165, 1.54) is 13.2 Å². The summed E-state index contributed by atoms with van der Waals surface area (Å²) in [5, 5.41) is 0.765. The Morgan fingerprint density at radius 2 is 2.07 bits per heavy atom. The summed E-state index contributed by atoms with van der Waals surface area (Å²) in [4.78, 5) is 2.64. The minimum absolute atomic E-state index is 0.0618. The van der Waals surface area contributed by atoms with Crippen LogP contribution in [0.5, 0.6) is 5.75 Å². The number of rotatable bonds is 2. The second-order valence-electron chi connectivity index (χ2n) is 2.98. The molecule has 0 aliphatic rings. The van der Waals surface area contributed by atoms with E-state index in [0.717, 1.165) is 5.39 Å². The zero-order valence-electron chi connectivity index (χ0n) is 7.55. The lowest BCUT2D eigenvalue weighted by Gasteiger charge is -1.97. The molecule has 0 saturated carbocycles. The molecule has 0 amide bonds. The molecular weight excluding hydrogens is 188 g/mol. The molecule has 0 fully saturated rings. The first-order valence-electron chi connectivity index (χ1n) is 4.15. The van der Waals surface area contributed by atoms with Crippen LogP contribution in [0.1, 0.15) is 12.1 Å². The number of H-pyrrole nitrogens is 1. The number of methoxy groups -OCH3 is 1. The standard InChI is InChI=1S/C10H9F2NO/c1-14-7-3-2-6-4-9(10(11)12)13-8(6)5-7/h2-5,10,13H,1H3. The monoisotopic (exact) mass is 197 g/mol. The molecule has 0 spiro atoms. The molecule has 0 aliphatic carbocycles. The van der Waals surface area contributed by atoms with Gasteiger partial charge in [-0.25, -0.2) is 8.78 Å². The molecule has 0 bridgehead atoms. The third kappa shape index (κ3) is 1.43. The number of alkyl halides is 2. The molecule has 0 unspecified atom stereocenters. The molecule has 1 N–H and O–H groups in total. The summed E-state index contributed by atoms with van der Waals surface area (Å²) in [5.41, 5.74) is 0.605. The fraction of sp³-hybridized carbons (Fsp3) is 0.200. The third-order valence-electron chi connectivity index (χ3n) is 2.09. The third-order valence-corrected chi connectivity index (χ3v) is 2.09. The highest BCUT2D eigenvalue weighted by Gasteiger charge is 2.10. The van der Waals surface area contributed by atoms with Crippen LogP contribution in [0.4, 0.5) is 8.78 Å². The molecular formula is C10H9F2NO. The second-order valence-corrected chi connectivity index (χ2v) is 2.98. The number of hydrogen-bond donors (Lipinski definition) is 1. The Kier molecular flexibility index (Phi) is 2.11. The van der Waals surface area contributed by atoms with Crippen molar-refractivity contribution in [3.63, 3.8) is 0 Å². The van der Waals surface area contributed by atoms with Crippen LogP contribution in [0.25, 0.3) is 10.9 Å². The van der Waals surface area contributed by atoms with E-state index in [4.69, 9.17) is 4.74 Å². The fourth-order valence-corrected chi connectivity index (χ4v) is 1.37. The van der Waals surface area contributed by atoms with Crippen LogP contribution in [0.3, 0.4) is 0 Å². The lowest BCUT2D eigenvalue weighted by atomic mass is 10.2. The van der Waals surface area contributed by atoms with Gasteiger partial charge in [0.2, 0.25) is 0 Å². The van der Waals surface area contributed by atoms with E-state index in [1.54, 1.807) is 18.2 Å². The number of benzene rings is 1. The Morgan fingerprint density at radius 3 is 2.71 bits per heavy atom. The minimum Gasteiger partial charge on any atom is -0.497 e. The molecule has 0 radical (unpaired) electrons. The van der Waals surface area contributed by atoms with Crippen molar-refractivity contribution < 1.29 is 13.5 Å². The van der Waals surface area contributed by atoms with Crippen molar-refractivity contribution in [3.05, 3.63) is 30.0 Å². The summed E-state index contributed by atoms with van der Waals surface area (Å²) < 4.78 is 29.6. The normalized spacial score (nSPS) is 11.1. The lowest BCUT2D eigenvalue weighted by Crippen LogP contribution is -1.82. The van der Waals surface area contributed by atoms with E-state index in [1.807, 2.05) is 0 Å². The van der Waals surface area contributed by atoms with E-state index >= 15 is 0 Å². The number of hydrogen-bond acceptors (Lipinski definition) is 1. The van der Waals surface area contributed by atoms with Crippen molar-refractivity contribution in [1.82, 2.24) is 4.98 Å². The van der Waals surface area contributed by atoms with Gasteiger partial charge in [-0.15, -0.1) is 0 Å².